The smallest absolute Gasteiger partial charge is 0.870 e. The number of hydrogen-bond acceptors (Lipinski definition) is 2. The van der Waals surface area contributed by atoms with Gasteiger partial charge in [-0.2, -0.15) is 0 Å². The Morgan fingerprint density at radius 3 is 1.67 bits per heavy atom. The minimum Gasteiger partial charge on any atom is -0.870 e. The Balaban J connectivity index is -0.0000000450. The molecule has 2 N–H and O–H groups in total. The molecule has 0 radical (unpaired) electrons. The van der Waals surface area contributed by atoms with Crippen LogP contribution >= 0.6 is 0 Å². The Kier molecular flexibility index (Phi) is 25.7. The first-order valence-electron chi connectivity index (χ1n) is 0.757. The summed E-state index contributed by atoms with van der Waals surface area (Å²) < 4.78 is 16.6. The summed E-state index contributed by atoms with van der Waals surface area (Å²) in [6.07, 6.45) is 1.19. The molecule has 0 aliphatic heterocycles. The Labute approximate surface area is 81.5 Å². The number of hydrogen-bond donors (Lipinski definition) is 1. The van der Waals surface area contributed by atoms with Crippen molar-refractivity contribution in [3.63, 3.8) is 0 Å². The van der Waals surface area contributed by atoms with Crippen molar-refractivity contribution in [1.29, 1.82) is 0 Å². The molecule has 5 heteroatoms. The van der Waals surface area contributed by atoms with Gasteiger partial charge in [0.1, 0.15) is 11.1 Å². The van der Waals surface area contributed by atoms with Crippen LogP contribution in [0.5, 0.6) is 0 Å². The van der Waals surface area contributed by atoms with Gasteiger partial charge in [-0.25, -0.2) is 4.21 Å². The van der Waals surface area contributed by atoms with Gasteiger partial charge in [-0.15, -0.1) is 0 Å². The molecule has 1 unspecified atom stereocenters. The van der Waals surface area contributed by atoms with Crippen molar-refractivity contribution in [3.05, 3.63) is 0 Å². The largest absolute Gasteiger partial charge is 1.00 e. The summed E-state index contributed by atoms with van der Waals surface area (Å²) in [5.74, 6) is 0. The molecule has 1 atom stereocenters. The van der Waals surface area contributed by atoms with Crippen LogP contribution in [0.1, 0.15) is 0 Å². The van der Waals surface area contributed by atoms with Crippen molar-refractivity contribution in [3.8, 4) is 0 Å². The van der Waals surface area contributed by atoms with E-state index in [2.05, 4.69) is 0 Å². The first-order chi connectivity index (χ1) is 1.73. The molecule has 3 nitrogen and oxygen atoms in total. The zero-order chi connectivity index (χ0) is 3.58. The average molecular weight is 136 g/mol. The minimum absolute atomic E-state index is 0. The monoisotopic (exact) mass is 136 g/mol. The Morgan fingerprint density at radius 1 is 1.67 bits per heavy atom. The van der Waals surface area contributed by atoms with E-state index in [1.807, 2.05) is 0 Å². The van der Waals surface area contributed by atoms with Gasteiger partial charge in [0.05, 0.1) is 0 Å². The van der Waals surface area contributed by atoms with Gasteiger partial charge in [0.25, 0.3) is 0 Å². The van der Waals surface area contributed by atoms with Crippen LogP contribution in [0.25, 0.3) is 0 Å². The molecule has 0 aliphatic rings. The van der Waals surface area contributed by atoms with Gasteiger partial charge in [0.15, 0.2) is 0 Å². The summed E-state index contributed by atoms with van der Waals surface area (Å²) in [6.45, 7) is 0. The topological polar surface area (TPSA) is 67.3 Å². The molecule has 0 aromatic rings. The molecule has 6 heavy (non-hydrogen) atoms. The molecular weight excluding hydrogens is 131 g/mol. The molecule has 34 valence electrons. The van der Waals surface area contributed by atoms with E-state index in [0.717, 1.165) is 0 Å². The van der Waals surface area contributed by atoms with E-state index >= 15 is 0 Å². The maximum atomic E-state index is 9.11. The molecule has 0 amide bonds. The summed E-state index contributed by atoms with van der Waals surface area (Å²) in [6, 6.07) is 0. The van der Waals surface area contributed by atoms with Crippen LogP contribution in [0.15, 0.2) is 0 Å². The van der Waals surface area contributed by atoms with Crippen LogP contribution in [0.4, 0.5) is 0 Å². The molecule has 0 saturated heterocycles. The van der Waals surface area contributed by atoms with Gasteiger partial charge in [0, 0.05) is 6.26 Å². The second-order valence-corrected chi connectivity index (χ2v) is 1.27. The number of rotatable bonds is 0. The predicted octanol–water partition coefficient (Wildman–Crippen LogP) is -3.33. The molecule has 0 bridgehead atoms. The second-order valence-electron chi connectivity index (χ2n) is 0.424. The first-order valence-corrected chi connectivity index (χ1v) is 2.27. The van der Waals surface area contributed by atoms with Gasteiger partial charge in [-0.05, 0) is 0 Å². The van der Waals surface area contributed by atoms with E-state index in [-0.39, 0.29) is 56.9 Å². The third-order valence-electron chi connectivity index (χ3n) is 0. The molecular formula is CH5KO3S. The summed E-state index contributed by atoms with van der Waals surface area (Å²) in [5, 5.41) is 0. The van der Waals surface area contributed by atoms with E-state index < -0.39 is 11.1 Å². The van der Waals surface area contributed by atoms with Crippen LogP contribution in [0.3, 0.4) is 0 Å². The molecule has 0 aromatic carbocycles. The van der Waals surface area contributed by atoms with Crippen molar-refractivity contribution in [2.45, 2.75) is 0 Å². The maximum Gasteiger partial charge on any atom is 1.00 e. The summed E-state index contributed by atoms with van der Waals surface area (Å²) in [4.78, 5) is 0. The SMILES string of the molecule is CS(=O)O.[K+].[OH-]. The van der Waals surface area contributed by atoms with Crippen molar-refractivity contribution >= 4 is 11.1 Å². The zero-order valence-corrected chi connectivity index (χ0v) is 7.65. The van der Waals surface area contributed by atoms with Gasteiger partial charge >= 0.3 is 51.4 Å². The predicted molar refractivity (Wildman–Crippen MR) is 18.6 cm³/mol. The standard InChI is InChI=1S/CH4O2S.K.H2O/c1-4(2)3;;/h1H3,(H,2,3);;1H2/q;+1;/p-1. The third kappa shape index (κ3) is 43.4. The van der Waals surface area contributed by atoms with Crippen LogP contribution in [0.2, 0.25) is 0 Å². The quantitative estimate of drug-likeness (QED) is 0.280. The van der Waals surface area contributed by atoms with Gasteiger partial charge < -0.3 is 10.0 Å². The van der Waals surface area contributed by atoms with Crippen LogP contribution in [-0.4, -0.2) is 20.5 Å². The van der Waals surface area contributed by atoms with Crippen LogP contribution < -0.4 is 51.4 Å². The summed E-state index contributed by atoms with van der Waals surface area (Å²) in [5.41, 5.74) is 0. The van der Waals surface area contributed by atoms with E-state index in [0.29, 0.717) is 0 Å². The van der Waals surface area contributed by atoms with E-state index in [1.54, 1.807) is 0 Å². The molecule has 0 saturated carbocycles. The summed E-state index contributed by atoms with van der Waals surface area (Å²) >= 11 is -1.61. The normalized spacial score (nSPS) is 10.3. The van der Waals surface area contributed by atoms with Crippen molar-refractivity contribution < 1.29 is 65.6 Å². The Morgan fingerprint density at radius 2 is 1.67 bits per heavy atom. The van der Waals surface area contributed by atoms with Gasteiger partial charge in [-0.3, -0.25) is 0 Å². The third-order valence-corrected chi connectivity index (χ3v) is 0. The van der Waals surface area contributed by atoms with E-state index in [4.69, 9.17) is 8.76 Å². The van der Waals surface area contributed by atoms with Crippen LogP contribution in [-0.2, 0) is 11.1 Å². The minimum atomic E-state index is -1.61. The molecule has 0 fully saturated rings. The fourth-order valence-corrected chi connectivity index (χ4v) is 0. The average Bonchev–Trinajstić information content (AvgIpc) is 0.811. The van der Waals surface area contributed by atoms with Crippen LogP contribution in [0, 0.1) is 0 Å². The Bertz CT molecular complexity index is 33.8. The summed E-state index contributed by atoms with van der Waals surface area (Å²) in [7, 11) is 0. The fourth-order valence-electron chi connectivity index (χ4n) is 0. The maximum absolute atomic E-state index is 9.11. The van der Waals surface area contributed by atoms with Crippen molar-refractivity contribution in [2.24, 2.45) is 0 Å². The molecule has 0 spiro atoms. The zero-order valence-electron chi connectivity index (χ0n) is 3.71. The van der Waals surface area contributed by atoms with Gasteiger partial charge in [-0.1, -0.05) is 0 Å². The Hall–Kier alpha value is 1.71. The first kappa shape index (κ1) is 15.6. The van der Waals surface area contributed by atoms with Gasteiger partial charge in [0.2, 0.25) is 0 Å². The molecule has 0 heterocycles. The van der Waals surface area contributed by atoms with Crippen molar-refractivity contribution in [1.82, 2.24) is 0 Å². The van der Waals surface area contributed by atoms with Crippen molar-refractivity contribution in [2.75, 3.05) is 6.26 Å². The molecule has 0 rings (SSSR count). The fraction of sp³-hybridized carbons (Fsp3) is 1.00. The molecule has 0 aliphatic carbocycles. The van der Waals surface area contributed by atoms with E-state index in [1.165, 1.54) is 6.26 Å². The van der Waals surface area contributed by atoms with E-state index in [9.17, 15) is 0 Å². The second kappa shape index (κ2) is 9.86. The molecule has 0 aromatic heterocycles.